The maximum Gasteiger partial charge on any atom is 0.194 e. The first kappa shape index (κ1) is 12.8. The summed E-state index contributed by atoms with van der Waals surface area (Å²) in [6.07, 6.45) is 0.884. The van der Waals surface area contributed by atoms with E-state index in [0.29, 0.717) is 11.2 Å². The molecule has 1 aliphatic heterocycles. The van der Waals surface area contributed by atoms with E-state index in [-0.39, 0.29) is 0 Å². The molecule has 0 bridgehead atoms. The molecular formula is C13H18N4S. The number of para-hydroxylation sites is 1. The number of hydrazine groups is 1. The molecule has 2 N–H and O–H groups in total. The molecule has 1 fully saturated rings. The molecule has 0 unspecified atom stereocenters. The molecule has 5 heteroatoms. The summed E-state index contributed by atoms with van der Waals surface area (Å²) in [5.41, 5.74) is 4.41. The second-order valence-electron chi connectivity index (χ2n) is 4.51. The molecule has 0 aliphatic carbocycles. The Bertz CT molecular complexity index is 442. The summed E-state index contributed by atoms with van der Waals surface area (Å²) in [5.74, 6) is 0.914. The Morgan fingerprint density at radius 1 is 1.39 bits per heavy atom. The Morgan fingerprint density at radius 2 is 2.11 bits per heavy atom. The molecule has 4 nitrogen and oxygen atoms in total. The molecule has 0 amide bonds. The number of benzene rings is 1. The van der Waals surface area contributed by atoms with E-state index in [9.17, 15) is 0 Å². The van der Waals surface area contributed by atoms with Gasteiger partial charge in [-0.15, -0.1) is 0 Å². The lowest BCUT2D eigenvalue weighted by atomic mass is 10.3. The number of rotatable bonds is 2. The summed E-state index contributed by atoms with van der Waals surface area (Å²) >= 11 is 5.17. The zero-order chi connectivity index (χ0) is 13.0. The van der Waals surface area contributed by atoms with Crippen molar-refractivity contribution in [3.05, 3.63) is 30.3 Å². The van der Waals surface area contributed by atoms with E-state index < -0.39 is 0 Å². The van der Waals surface area contributed by atoms with Gasteiger partial charge in [0.05, 0.1) is 5.69 Å². The number of hydrogen-bond acceptors (Lipinski definition) is 2. The minimum absolute atomic E-state index is 0.313. The second-order valence-corrected chi connectivity index (χ2v) is 4.90. The Kier molecular flexibility index (Phi) is 4.15. The summed E-state index contributed by atoms with van der Waals surface area (Å²) in [6, 6.07) is 10.5. The largest absolute Gasteiger partial charge is 0.359 e. The van der Waals surface area contributed by atoms with Crippen LogP contribution in [0.3, 0.4) is 0 Å². The Labute approximate surface area is 113 Å². The topological polar surface area (TPSA) is 39.7 Å². The van der Waals surface area contributed by atoms with Gasteiger partial charge in [0.1, 0.15) is 5.84 Å². The molecule has 1 aromatic rings. The number of nitrogens with one attached hydrogen (secondary N) is 2. The molecule has 0 aromatic heterocycles. The van der Waals surface area contributed by atoms with Crippen molar-refractivity contribution in [3.8, 4) is 0 Å². The van der Waals surface area contributed by atoms with Crippen molar-refractivity contribution in [2.45, 2.75) is 26.3 Å². The van der Waals surface area contributed by atoms with Crippen LogP contribution in [-0.2, 0) is 0 Å². The second kappa shape index (κ2) is 5.82. The molecule has 1 heterocycles. The molecule has 1 aromatic carbocycles. The fourth-order valence-corrected chi connectivity index (χ4v) is 2.12. The number of nitrogens with zero attached hydrogens (tertiary/aromatic N) is 2. The lowest BCUT2D eigenvalue weighted by molar-refractivity contribution is 0.736. The van der Waals surface area contributed by atoms with Crippen molar-refractivity contribution < 1.29 is 0 Å². The van der Waals surface area contributed by atoms with E-state index in [1.165, 1.54) is 0 Å². The maximum atomic E-state index is 5.17. The van der Waals surface area contributed by atoms with Crippen LogP contribution in [0, 0.1) is 0 Å². The molecule has 0 saturated carbocycles. The lowest BCUT2D eigenvalue weighted by Crippen LogP contribution is -2.34. The number of aliphatic imine (C=N–C) groups is 1. The van der Waals surface area contributed by atoms with Crippen molar-refractivity contribution in [3.63, 3.8) is 0 Å². The monoisotopic (exact) mass is 262 g/mol. The number of anilines is 1. The van der Waals surface area contributed by atoms with Gasteiger partial charge in [0.15, 0.2) is 5.11 Å². The van der Waals surface area contributed by atoms with Crippen molar-refractivity contribution in [1.82, 2.24) is 10.7 Å². The Morgan fingerprint density at radius 3 is 2.78 bits per heavy atom. The molecule has 0 spiro atoms. The van der Waals surface area contributed by atoms with Crippen LogP contribution in [-0.4, -0.2) is 23.5 Å². The van der Waals surface area contributed by atoms with E-state index in [1.54, 1.807) is 0 Å². The fraction of sp³-hybridized carbons (Fsp3) is 0.385. The standard InChI is InChI=1S/C13H18N4S/c1-10(2)14-13(18)15-12-8-9-17(16-12)11-6-4-3-5-7-11/h3-7,10H,8-9H2,1-2H3,(H2,14,15,16,18). The van der Waals surface area contributed by atoms with Gasteiger partial charge in [-0.05, 0) is 38.2 Å². The van der Waals surface area contributed by atoms with Gasteiger partial charge < -0.3 is 5.32 Å². The predicted octanol–water partition coefficient (Wildman–Crippen LogP) is 2.08. The van der Waals surface area contributed by atoms with Crippen LogP contribution < -0.4 is 15.8 Å². The van der Waals surface area contributed by atoms with Gasteiger partial charge in [0.2, 0.25) is 0 Å². The summed E-state index contributed by atoms with van der Waals surface area (Å²) in [4.78, 5) is 4.38. The van der Waals surface area contributed by atoms with E-state index >= 15 is 0 Å². The van der Waals surface area contributed by atoms with E-state index in [1.807, 2.05) is 32.0 Å². The first-order chi connectivity index (χ1) is 8.65. The van der Waals surface area contributed by atoms with Crippen LogP contribution in [0.4, 0.5) is 5.69 Å². The van der Waals surface area contributed by atoms with Gasteiger partial charge in [-0.1, -0.05) is 18.2 Å². The van der Waals surface area contributed by atoms with E-state index in [4.69, 9.17) is 12.2 Å². The highest BCUT2D eigenvalue weighted by molar-refractivity contribution is 7.80. The molecular weight excluding hydrogens is 244 g/mol. The molecule has 1 saturated heterocycles. The average molecular weight is 262 g/mol. The molecule has 0 radical (unpaired) electrons. The Hall–Kier alpha value is -1.62. The summed E-state index contributed by atoms with van der Waals surface area (Å²) in [5, 5.41) is 5.73. The van der Waals surface area contributed by atoms with Gasteiger partial charge in [-0.3, -0.25) is 10.4 Å². The third-order valence-electron chi connectivity index (χ3n) is 2.55. The SMILES string of the molecule is CC(C)NC(=S)/N=C1\CCN(c2ccccc2)N1. The molecule has 1 aliphatic rings. The summed E-state index contributed by atoms with van der Waals surface area (Å²) < 4.78 is 0. The number of amidine groups is 1. The third-order valence-corrected chi connectivity index (χ3v) is 2.76. The molecule has 96 valence electrons. The smallest absolute Gasteiger partial charge is 0.194 e. The highest BCUT2D eigenvalue weighted by Gasteiger charge is 2.17. The zero-order valence-electron chi connectivity index (χ0n) is 10.7. The highest BCUT2D eigenvalue weighted by Crippen LogP contribution is 2.14. The normalized spacial score (nSPS) is 17.1. The van der Waals surface area contributed by atoms with Gasteiger partial charge in [-0.2, -0.15) is 0 Å². The van der Waals surface area contributed by atoms with Crippen molar-refractivity contribution >= 4 is 28.9 Å². The predicted molar refractivity (Wildman–Crippen MR) is 79.8 cm³/mol. The van der Waals surface area contributed by atoms with Crippen LogP contribution in [0.5, 0.6) is 0 Å². The van der Waals surface area contributed by atoms with Crippen LogP contribution in [0.2, 0.25) is 0 Å². The van der Waals surface area contributed by atoms with Crippen LogP contribution in [0.15, 0.2) is 35.3 Å². The van der Waals surface area contributed by atoms with Gasteiger partial charge in [0.25, 0.3) is 0 Å². The zero-order valence-corrected chi connectivity index (χ0v) is 11.5. The summed E-state index contributed by atoms with van der Waals surface area (Å²) in [7, 11) is 0. The van der Waals surface area contributed by atoms with Crippen molar-refractivity contribution in [2.24, 2.45) is 4.99 Å². The first-order valence-corrected chi connectivity index (χ1v) is 6.53. The third kappa shape index (κ3) is 3.43. The fourth-order valence-electron chi connectivity index (χ4n) is 1.77. The maximum absolute atomic E-state index is 5.17. The van der Waals surface area contributed by atoms with Crippen LogP contribution in [0.1, 0.15) is 20.3 Å². The number of thiocarbonyl (C=S) groups is 1. The van der Waals surface area contributed by atoms with Gasteiger partial charge >= 0.3 is 0 Å². The van der Waals surface area contributed by atoms with Gasteiger partial charge in [0, 0.05) is 19.0 Å². The van der Waals surface area contributed by atoms with E-state index in [0.717, 1.165) is 24.5 Å². The minimum Gasteiger partial charge on any atom is -0.359 e. The quantitative estimate of drug-likeness (QED) is 0.801. The average Bonchev–Trinajstić information content (AvgIpc) is 2.77. The minimum atomic E-state index is 0.313. The highest BCUT2D eigenvalue weighted by atomic mass is 32.1. The number of hydrogen-bond donors (Lipinski definition) is 2. The van der Waals surface area contributed by atoms with Crippen molar-refractivity contribution in [2.75, 3.05) is 11.6 Å². The lowest BCUT2D eigenvalue weighted by Gasteiger charge is -2.17. The van der Waals surface area contributed by atoms with Crippen molar-refractivity contribution in [1.29, 1.82) is 0 Å². The molecule has 18 heavy (non-hydrogen) atoms. The van der Waals surface area contributed by atoms with E-state index in [2.05, 4.69) is 32.9 Å². The van der Waals surface area contributed by atoms with Crippen LogP contribution in [0.25, 0.3) is 0 Å². The van der Waals surface area contributed by atoms with Crippen LogP contribution >= 0.6 is 12.2 Å². The summed E-state index contributed by atoms with van der Waals surface area (Å²) in [6.45, 7) is 5.00. The molecule has 2 rings (SSSR count). The Balaban J connectivity index is 1.96. The van der Waals surface area contributed by atoms with Gasteiger partial charge in [-0.25, -0.2) is 4.99 Å². The first-order valence-electron chi connectivity index (χ1n) is 6.12. The molecule has 0 atom stereocenters.